The molecule has 0 aromatic rings. The van der Waals surface area contributed by atoms with E-state index in [2.05, 4.69) is 13.8 Å². The summed E-state index contributed by atoms with van der Waals surface area (Å²) in [5.74, 6) is 0.733. The molecule has 0 unspecified atom stereocenters. The van der Waals surface area contributed by atoms with E-state index in [1.54, 1.807) is 6.08 Å². The van der Waals surface area contributed by atoms with Gasteiger partial charge in [0, 0.05) is 6.42 Å². The monoisotopic (exact) mass is 140 g/mol. The molecule has 0 bridgehead atoms. The van der Waals surface area contributed by atoms with Crippen molar-refractivity contribution in [2.45, 2.75) is 33.6 Å². The summed E-state index contributed by atoms with van der Waals surface area (Å²) in [6.45, 7) is 6.15. The number of carbonyl (C=O) groups excluding carboxylic acids is 1. The molecule has 0 heterocycles. The summed E-state index contributed by atoms with van der Waals surface area (Å²) in [4.78, 5) is 10.9. The van der Waals surface area contributed by atoms with Crippen molar-refractivity contribution in [3.8, 4) is 0 Å². The number of carbonyl (C=O) groups is 1. The fraction of sp³-hybridized carbons (Fsp3) is 0.667. The van der Waals surface area contributed by atoms with Crippen molar-refractivity contribution in [3.63, 3.8) is 0 Å². The molecule has 10 heavy (non-hydrogen) atoms. The van der Waals surface area contributed by atoms with E-state index in [4.69, 9.17) is 0 Å². The zero-order chi connectivity index (χ0) is 7.98. The SMILES string of the molecule is CCCC(=O)/C=C/C(C)C. The van der Waals surface area contributed by atoms with Crippen LogP contribution in [-0.4, -0.2) is 5.78 Å². The summed E-state index contributed by atoms with van der Waals surface area (Å²) in [5.41, 5.74) is 0. The number of hydrogen-bond donors (Lipinski definition) is 0. The molecule has 0 aromatic heterocycles. The van der Waals surface area contributed by atoms with Crippen molar-refractivity contribution in [1.82, 2.24) is 0 Å². The van der Waals surface area contributed by atoms with Gasteiger partial charge in [0.15, 0.2) is 5.78 Å². The van der Waals surface area contributed by atoms with Gasteiger partial charge in [0.05, 0.1) is 0 Å². The Balaban J connectivity index is 3.56. The molecular formula is C9H16O. The van der Waals surface area contributed by atoms with Crippen LogP contribution >= 0.6 is 0 Å². The summed E-state index contributed by atoms with van der Waals surface area (Å²) in [5, 5.41) is 0. The first-order valence-electron chi connectivity index (χ1n) is 3.87. The lowest BCUT2D eigenvalue weighted by atomic mass is 10.1. The second kappa shape index (κ2) is 5.21. The predicted octanol–water partition coefficient (Wildman–Crippen LogP) is 2.57. The molecule has 0 amide bonds. The van der Waals surface area contributed by atoms with Gasteiger partial charge < -0.3 is 0 Å². The lowest BCUT2D eigenvalue weighted by Crippen LogP contribution is -1.91. The Kier molecular flexibility index (Phi) is 4.91. The van der Waals surface area contributed by atoms with Gasteiger partial charge in [-0.05, 0) is 18.4 Å². The zero-order valence-corrected chi connectivity index (χ0v) is 7.05. The molecule has 1 heteroatoms. The predicted molar refractivity (Wildman–Crippen MR) is 43.9 cm³/mol. The van der Waals surface area contributed by atoms with Crippen molar-refractivity contribution in [1.29, 1.82) is 0 Å². The summed E-state index contributed by atoms with van der Waals surface area (Å²) >= 11 is 0. The highest BCUT2D eigenvalue weighted by Crippen LogP contribution is 1.96. The highest BCUT2D eigenvalue weighted by Gasteiger charge is 1.92. The second-order valence-corrected chi connectivity index (χ2v) is 2.82. The Morgan fingerprint density at radius 2 is 2.10 bits per heavy atom. The van der Waals surface area contributed by atoms with Crippen LogP contribution in [0.3, 0.4) is 0 Å². The fourth-order valence-electron chi connectivity index (χ4n) is 0.630. The van der Waals surface area contributed by atoms with Crippen molar-refractivity contribution >= 4 is 5.78 Å². The van der Waals surface area contributed by atoms with E-state index in [1.807, 2.05) is 13.0 Å². The maximum atomic E-state index is 10.9. The van der Waals surface area contributed by atoms with Crippen LogP contribution in [0.1, 0.15) is 33.6 Å². The van der Waals surface area contributed by atoms with Crippen LogP contribution in [0.2, 0.25) is 0 Å². The van der Waals surface area contributed by atoms with Gasteiger partial charge in [-0.15, -0.1) is 0 Å². The first-order valence-corrected chi connectivity index (χ1v) is 3.87. The molecule has 0 saturated heterocycles. The first-order chi connectivity index (χ1) is 4.66. The maximum Gasteiger partial charge on any atom is 0.155 e. The Morgan fingerprint density at radius 3 is 2.50 bits per heavy atom. The van der Waals surface area contributed by atoms with Crippen molar-refractivity contribution < 1.29 is 4.79 Å². The number of allylic oxidation sites excluding steroid dienone is 2. The van der Waals surface area contributed by atoms with Gasteiger partial charge in [-0.3, -0.25) is 4.79 Å². The van der Waals surface area contributed by atoms with Gasteiger partial charge in [-0.25, -0.2) is 0 Å². The molecule has 1 nitrogen and oxygen atoms in total. The van der Waals surface area contributed by atoms with Crippen LogP contribution in [0.25, 0.3) is 0 Å². The summed E-state index contributed by atoms with van der Waals surface area (Å²) < 4.78 is 0. The van der Waals surface area contributed by atoms with Gasteiger partial charge in [-0.1, -0.05) is 26.8 Å². The molecule has 0 rings (SSSR count). The number of ketones is 1. The van der Waals surface area contributed by atoms with Crippen LogP contribution in [0.5, 0.6) is 0 Å². The van der Waals surface area contributed by atoms with E-state index in [0.717, 1.165) is 6.42 Å². The molecule has 0 fully saturated rings. The average molecular weight is 140 g/mol. The molecule has 0 atom stereocenters. The van der Waals surface area contributed by atoms with Crippen LogP contribution < -0.4 is 0 Å². The third kappa shape index (κ3) is 5.54. The molecule has 0 aliphatic carbocycles. The molecule has 0 aromatic carbocycles. The van der Waals surface area contributed by atoms with Crippen molar-refractivity contribution in [3.05, 3.63) is 12.2 Å². The molecule has 0 aliphatic rings. The Hall–Kier alpha value is -0.590. The van der Waals surface area contributed by atoms with E-state index in [1.165, 1.54) is 0 Å². The van der Waals surface area contributed by atoms with Crippen LogP contribution in [0.4, 0.5) is 0 Å². The molecule has 58 valence electrons. The molecule has 0 aliphatic heterocycles. The zero-order valence-electron chi connectivity index (χ0n) is 7.05. The van der Waals surface area contributed by atoms with Gasteiger partial charge in [0.2, 0.25) is 0 Å². The molecule has 0 radical (unpaired) electrons. The number of hydrogen-bond acceptors (Lipinski definition) is 1. The van der Waals surface area contributed by atoms with Gasteiger partial charge in [-0.2, -0.15) is 0 Å². The topological polar surface area (TPSA) is 17.1 Å². The molecule has 0 N–H and O–H groups in total. The van der Waals surface area contributed by atoms with E-state index in [0.29, 0.717) is 12.3 Å². The van der Waals surface area contributed by atoms with Crippen molar-refractivity contribution in [2.75, 3.05) is 0 Å². The largest absolute Gasteiger partial charge is 0.295 e. The average Bonchev–Trinajstić information content (AvgIpc) is 1.85. The van der Waals surface area contributed by atoms with Crippen LogP contribution in [0, 0.1) is 5.92 Å². The highest BCUT2D eigenvalue weighted by atomic mass is 16.1. The van der Waals surface area contributed by atoms with Gasteiger partial charge in [0.25, 0.3) is 0 Å². The smallest absolute Gasteiger partial charge is 0.155 e. The standard InChI is InChI=1S/C9H16O/c1-4-5-9(10)7-6-8(2)3/h6-8H,4-5H2,1-3H3/b7-6+. The maximum absolute atomic E-state index is 10.9. The van der Waals surface area contributed by atoms with E-state index < -0.39 is 0 Å². The Bertz CT molecular complexity index is 123. The minimum absolute atomic E-state index is 0.246. The van der Waals surface area contributed by atoms with Crippen molar-refractivity contribution in [2.24, 2.45) is 5.92 Å². The third-order valence-corrected chi connectivity index (χ3v) is 1.16. The third-order valence-electron chi connectivity index (χ3n) is 1.16. The second-order valence-electron chi connectivity index (χ2n) is 2.82. The molecule has 0 saturated carbocycles. The molecular weight excluding hydrogens is 124 g/mol. The first kappa shape index (κ1) is 9.41. The Morgan fingerprint density at radius 1 is 1.50 bits per heavy atom. The van der Waals surface area contributed by atoms with Gasteiger partial charge >= 0.3 is 0 Å². The number of rotatable bonds is 4. The normalized spacial score (nSPS) is 11.2. The summed E-state index contributed by atoms with van der Waals surface area (Å²) in [6.07, 6.45) is 5.26. The van der Waals surface area contributed by atoms with E-state index in [9.17, 15) is 4.79 Å². The minimum atomic E-state index is 0.246. The minimum Gasteiger partial charge on any atom is -0.295 e. The van der Waals surface area contributed by atoms with Crippen LogP contribution in [0.15, 0.2) is 12.2 Å². The van der Waals surface area contributed by atoms with E-state index >= 15 is 0 Å². The van der Waals surface area contributed by atoms with E-state index in [-0.39, 0.29) is 5.78 Å². The fourth-order valence-corrected chi connectivity index (χ4v) is 0.630. The lowest BCUT2D eigenvalue weighted by molar-refractivity contribution is -0.114. The lowest BCUT2D eigenvalue weighted by Gasteiger charge is -1.92. The quantitative estimate of drug-likeness (QED) is 0.548. The molecule has 0 spiro atoms. The summed E-state index contributed by atoms with van der Waals surface area (Å²) in [6, 6.07) is 0. The van der Waals surface area contributed by atoms with Crippen LogP contribution in [-0.2, 0) is 4.79 Å². The summed E-state index contributed by atoms with van der Waals surface area (Å²) in [7, 11) is 0. The Labute approximate surface area is 63.1 Å². The van der Waals surface area contributed by atoms with Gasteiger partial charge in [0.1, 0.15) is 0 Å². The highest BCUT2D eigenvalue weighted by molar-refractivity contribution is 5.89.